The van der Waals surface area contributed by atoms with Crippen LogP contribution in [0.15, 0.2) is 18.2 Å². The number of ketones is 5. The van der Waals surface area contributed by atoms with Crippen molar-refractivity contribution in [2.75, 3.05) is 33.5 Å². The molecule has 5 amide bonds. The minimum Gasteiger partial charge on any atom is -0.507 e. The number of amides is 5. The SMILES string of the molecule is COc1cccc2c1C(=O)c1c(O)c3c(c(O)c1C2=O)C[C@@](O)(C(=O)COC(=O)C(C)(C)CONC(=O)[C@H](CCC(N)=O)CC(=O)[C@@H](NC(=O)[C@H](CO)CC(=O)[C@H](C)NC(=O)CC(=O)NCCCC(=O)O)C1CCCCC1)C[C@@H]3OC1CC(N)C(O)C(C)O1. The van der Waals surface area contributed by atoms with Gasteiger partial charge in [-0.05, 0) is 65.4 Å². The Kier molecular flexibility index (Phi) is 24.2. The predicted molar refractivity (Wildman–Crippen MR) is 306 cm³/mol. The molecule has 4 aliphatic rings. The smallest absolute Gasteiger partial charge is 0.314 e. The molecule has 1 heterocycles. The van der Waals surface area contributed by atoms with Gasteiger partial charge in [0, 0.05) is 80.1 Å². The van der Waals surface area contributed by atoms with Gasteiger partial charge in [0.15, 0.2) is 30.2 Å². The Morgan fingerprint density at radius 1 is 0.876 bits per heavy atom. The summed E-state index contributed by atoms with van der Waals surface area (Å²) in [5.41, 5.74) is 7.31. The highest BCUT2D eigenvalue weighted by atomic mass is 16.7. The predicted octanol–water partition coefficient (Wildman–Crippen LogP) is -0.0243. The molecule has 3 aliphatic carbocycles. The van der Waals surface area contributed by atoms with E-state index in [-0.39, 0.29) is 66.7 Å². The highest BCUT2D eigenvalue weighted by Crippen LogP contribution is 2.53. The van der Waals surface area contributed by atoms with Gasteiger partial charge in [0.05, 0.1) is 78.7 Å². The van der Waals surface area contributed by atoms with Gasteiger partial charge in [0.2, 0.25) is 41.1 Å². The number of hydrogen-bond acceptors (Lipinski definition) is 23. The first-order chi connectivity index (χ1) is 41.9. The molecule has 0 bridgehead atoms. The number of phenolic OH excluding ortho intramolecular Hbond substituents is 2. The maximum Gasteiger partial charge on any atom is 0.314 e. The molecule has 488 valence electrons. The Hall–Kier alpha value is -7.80. The number of primary amides is 1. The van der Waals surface area contributed by atoms with E-state index >= 15 is 0 Å². The fourth-order valence-electron chi connectivity index (χ4n) is 11.4. The lowest BCUT2D eigenvalue weighted by molar-refractivity contribution is -0.247. The lowest BCUT2D eigenvalue weighted by Gasteiger charge is -2.42. The number of aliphatic hydroxyl groups is 3. The average Bonchev–Trinajstić information content (AvgIpc) is 0.830. The number of carboxylic acid groups (broad SMARTS) is 1. The second kappa shape index (κ2) is 30.6. The number of nitrogens with two attached hydrogens (primary N) is 2. The van der Waals surface area contributed by atoms with Crippen LogP contribution in [0.2, 0.25) is 0 Å². The van der Waals surface area contributed by atoms with Crippen LogP contribution >= 0.6 is 0 Å². The Bertz CT molecular complexity index is 3060. The van der Waals surface area contributed by atoms with Crippen molar-refractivity contribution in [1.29, 1.82) is 0 Å². The summed E-state index contributed by atoms with van der Waals surface area (Å²) in [5.74, 6) is -15.4. The maximum atomic E-state index is 14.3. The summed E-state index contributed by atoms with van der Waals surface area (Å²) < 4.78 is 22.8. The standard InChI is InChI=1S/C60H80N6O23/c1-28(64-43(73)22-42(72)63-18-10-15-44(74)75)36(68)20-32(25-67)56(81)65-50(30-11-7-6-8-12-30)37(69)19-31(16-17-41(62)71)57(82)66-87-27-59(3,4)58(83)86-26-40(70)60(84)23-34-47(39(24-60)89-45-21-35(61)51(76)29(2)88-45)55(80)49-48(53(34)78)52(77)33-13-9-14-38(85-5)46(33)54(49)79/h9,13-14,28-32,35,39,45,50-51,67,76,78,80,84H,6-8,10-12,15-27,61H2,1-5H3,(H2,62,71)(H,63,72)(H,64,73)(H,65,81)(H,66,82)(H,74,75)/t28-,29?,31+,32-,35?,39-,45?,50-,51?,60-/m0/s1. The number of ether oxygens (including phenoxy) is 4. The van der Waals surface area contributed by atoms with Gasteiger partial charge in [-0.3, -0.25) is 62.4 Å². The Balaban J connectivity index is 1.10. The number of fused-ring (bicyclic) bond motifs is 3. The monoisotopic (exact) mass is 1250 g/mol. The molecule has 1 aliphatic heterocycles. The summed E-state index contributed by atoms with van der Waals surface area (Å²) in [6.07, 6.45) is -5.86. The van der Waals surface area contributed by atoms with Crippen LogP contribution in [0.5, 0.6) is 17.2 Å². The number of aromatic hydroxyl groups is 2. The molecule has 2 aromatic carbocycles. The van der Waals surface area contributed by atoms with Crippen LogP contribution in [-0.4, -0.2) is 177 Å². The summed E-state index contributed by atoms with van der Waals surface area (Å²) in [4.78, 5) is 164. The van der Waals surface area contributed by atoms with Gasteiger partial charge in [0.1, 0.15) is 29.3 Å². The molecule has 29 nitrogen and oxygen atoms in total. The highest BCUT2D eigenvalue weighted by Gasteiger charge is 2.51. The molecule has 0 spiro atoms. The van der Waals surface area contributed by atoms with Crippen molar-refractivity contribution < 1.29 is 112 Å². The molecule has 2 aromatic rings. The van der Waals surface area contributed by atoms with E-state index in [1.54, 1.807) is 0 Å². The van der Waals surface area contributed by atoms with Crippen molar-refractivity contribution in [2.45, 2.75) is 172 Å². The zero-order valence-electron chi connectivity index (χ0n) is 50.2. The first-order valence-electron chi connectivity index (χ1n) is 29.4. The normalized spacial score (nSPS) is 22.1. The molecule has 0 radical (unpaired) electrons. The average molecular weight is 1250 g/mol. The highest BCUT2D eigenvalue weighted by molar-refractivity contribution is 6.31. The van der Waals surface area contributed by atoms with Crippen molar-refractivity contribution >= 4 is 70.4 Å². The minimum absolute atomic E-state index is 0.00254. The lowest BCUT2D eigenvalue weighted by Crippen LogP contribution is -2.53. The number of phenols is 2. The van der Waals surface area contributed by atoms with Crippen LogP contribution in [-0.2, 0) is 73.4 Å². The quantitative estimate of drug-likeness (QED) is 0.0132. The molecule has 2 fully saturated rings. The van der Waals surface area contributed by atoms with Gasteiger partial charge < -0.3 is 77.0 Å². The van der Waals surface area contributed by atoms with E-state index in [4.69, 9.17) is 40.4 Å². The molecular weight excluding hydrogens is 1170 g/mol. The maximum absolute atomic E-state index is 14.3. The second-order valence-corrected chi connectivity index (χ2v) is 23.8. The molecule has 0 aromatic heterocycles. The number of Topliss-reactive ketones (excluding diaryl/α,β-unsaturated/α-hetero) is 3. The number of esters is 1. The van der Waals surface area contributed by atoms with E-state index in [9.17, 15) is 83.1 Å². The Morgan fingerprint density at radius 3 is 2.19 bits per heavy atom. The molecule has 10 atom stereocenters. The first kappa shape index (κ1) is 70.3. The second-order valence-electron chi connectivity index (χ2n) is 23.8. The molecule has 14 N–H and O–H groups in total. The van der Waals surface area contributed by atoms with Crippen molar-refractivity contribution in [3.8, 4) is 17.2 Å². The number of hydroxylamine groups is 1. The molecule has 6 rings (SSSR count). The van der Waals surface area contributed by atoms with Crippen LogP contribution in [0, 0.1) is 23.2 Å². The van der Waals surface area contributed by atoms with Gasteiger partial charge in [0.25, 0.3) is 0 Å². The number of nitrogens with one attached hydrogen (secondary N) is 4. The van der Waals surface area contributed by atoms with Crippen molar-refractivity contribution in [1.82, 2.24) is 21.4 Å². The topological polar surface area (TPSA) is 473 Å². The van der Waals surface area contributed by atoms with Crippen LogP contribution in [0.3, 0.4) is 0 Å². The fourth-order valence-corrected chi connectivity index (χ4v) is 11.4. The van der Waals surface area contributed by atoms with Gasteiger partial charge in [-0.25, -0.2) is 5.48 Å². The summed E-state index contributed by atoms with van der Waals surface area (Å²) in [6.45, 7) is 2.86. The van der Waals surface area contributed by atoms with Crippen LogP contribution in [0.25, 0.3) is 0 Å². The summed E-state index contributed by atoms with van der Waals surface area (Å²) in [7, 11) is 1.27. The number of carbonyl (C=O) groups excluding carboxylic acids is 11. The van der Waals surface area contributed by atoms with E-state index in [1.165, 1.54) is 53.0 Å². The number of aliphatic carboxylic acids is 1. The number of aliphatic hydroxyl groups excluding tert-OH is 2. The zero-order chi connectivity index (χ0) is 65.8. The Morgan fingerprint density at radius 2 is 1.55 bits per heavy atom. The summed E-state index contributed by atoms with van der Waals surface area (Å²) >= 11 is 0. The van der Waals surface area contributed by atoms with Gasteiger partial charge in [-0.15, -0.1) is 0 Å². The third-order valence-corrected chi connectivity index (χ3v) is 16.6. The zero-order valence-corrected chi connectivity index (χ0v) is 50.2. The number of hydrogen-bond donors (Lipinski definition) is 12. The van der Waals surface area contributed by atoms with Gasteiger partial charge in [-0.1, -0.05) is 31.4 Å². The van der Waals surface area contributed by atoms with Crippen LogP contribution in [0.4, 0.5) is 0 Å². The molecule has 1 saturated carbocycles. The Labute approximate surface area is 511 Å². The van der Waals surface area contributed by atoms with E-state index in [0.717, 1.165) is 6.42 Å². The summed E-state index contributed by atoms with van der Waals surface area (Å²) in [5, 5.41) is 73.0. The molecule has 89 heavy (non-hydrogen) atoms. The molecule has 4 unspecified atom stereocenters. The van der Waals surface area contributed by atoms with E-state index in [0.29, 0.717) is 25.7 Å². The van der Waals surface area contributed by atoms with Gasteiger partial charge >= 0.3 is 11.9 Å². The number of benzene rings is 2. The van der Waals surface area contributed by atoms with Crippen molar-refractivity contribution in [3.05, 3.63) is 51.6 Å². The molecule has 1 saturated heterocycles. The number of methoxy groups -OCH3 is 1. The largest absolute Gasteiger partial charge is 0.507 e. The van der Waals surface area contributed by atoms with Crippen LogP contribution in [0.1, 0.15) is 167 Å². The minimum atomic E-state index is -2.58. The first-order valence-corrected chi connectivity index (χ1v) is 29.4. The van der Waals surface area contributed by atoms with E-state index in [1.807, 2.05) is 0 Å². The molecular formula is C60H80N6O23. The van der Waals surface area contributed by atoms with Crippen molar-refractivity contribution in [2.24, 2.45) is 34.6 Å². The van der Waals surface area contributed by atoms with E-state index < -0.39 is 216 Å². The fraction of sp³-hybridized carbons (Fsp3) is 0.600. The third kappa shape index (κ3) is 17.3. The summed E-state index contributed by atoms with van der Waals surface area (Å²) in [6, 6.07) is 0.845. The number of carboxylic acids is 1. The third-order valence-electron chi connectivity index (χ3n) is 16.6. The number of carbonyl (C=O) groups is 12. The molecule has 29 heteroatoms. The van der Waals surface area contributed by atoms with E-state index in [2.05, 4.69) is 21.4 Å². The van der Waals surface area contributed by atoms with Crippen molar-refractivity contribution in [3.63, 3.8) is 0 Å². The number of rotatable bonds is 31. The lowest BCUT2D eigenvalue weighted by atomic mass is 9.72. The van der Waals surface area contributed by atoms with Crippen LogP contribution < -0.4 is 37.6 Å². The van der Waals surface area contributed by atoms with Gasteiger partial charge in [-0.2, -0.15) is 0 Å².